The molecule has 0 amide bonds. The van der Waals surface area contributed by atoms with Gasteiger partial charge >= 0.3 is 48.4 Å². The Morgan fingerprint density at radius 2 is 1.12 bits per heavy atom. The molecule has 242 valence electrons. The van der Waals surface area contributed by atoms with Gasteiger partial charge in [-0.1, -0.05) is 0 Å². The number of hydrogen-bond acceptors (Lipinski definition) is 3. The van der Waals surface area contributed by atoms with Gasteiger partial charge in [0.15, 0.2) is 5.78 Å². The Bertz CT molecular complexity index is 1380. The topological polar surface area (TPSA) is 49.7 Å². The largest absolute Gasteiger partial charge is 0.507 e. The lowest BCUT2D eigenvalue weighted by molar-refractivity contribution is -0.341. The minimum Gasteiger partial charge on any atom is -0.507 e. The Labute approximate surface area is 221 Å². The number of rotatable bonds is 3. The Morgan fingerprint density at radius 3 is 1.47 bits per heavy atom. The van der Waals surface area contributed by atoms with Gasteiger partial charge in [0, 0.05) is 17.6 Å². The van der Waals surface area contributed by atoms with E-state index in [1.54, 1.807) is 0 Å². The molecule has 43 heavy (non-hydrogen) atoms. The third-order valence-electron chi connectivity index (χ3n) is 6.38. The van der Waals surface area contributed by atoms with Crippen LogP contribution in [0.25, 0.3) is 5.76 Å². The fraction of sp³-hybridized carbons (Fsp3) is 0.500. The van der Waals surface area contributed by atoms with Crippen LogP contribution in [0, 0.1) is 5.41 Å². The zero-order valence-electron chi connectivity index (χ0n) is 19.2. The van der Waals surface area contributed by atoms with Crippen LogP contribution >= 0.6 is 0 Å². The highest BCUT2D eigenvalue weighted by molar-refractivity contribution is 6.10. The summed E-state index contributed by atoms with van der Waals surface area (Å²) in [6, 6.07) is -1.21. The van der Waals surface area contributed by atoms with Crippen molar-refractivity contribution in [1.29, 1.82) is 0 Å². The van der Waals surface area contributed by atoms with E-state index in [0.717, 1.165) is 0 Å². The lowest BCUT2D eigenvalue weighted by atomic mass is 9.72. The second kappa shape index (κ2) is 8.88. The smallest absolute Gasteiger partial charge is 0.438 e. The number of carbonyl (C=O) groups excluding carboxylic acids is 1. The number of benzene rings is 1. The van der Waals surface area contributed by atoms with Gasteiger partial charge in [0.05, 0.1) is 11.3 Å². The van der Waals surface area contributed by atoms with Crippen LogP contribution in [0.3, 0.4) is 0 Å². The molecule has 1 saturated carbocycles. The molecule has 1 fully saturated rings. The number of fused-ring (bicyclic) bond motifs is 1. The van der Waals surface area contributed by atoms with Crippen molar-refractivity contribution >= 4 is 22.9 Å². The number of allylic oxidation sites excluding steroid dienone is 1. The third-order valence-corrected chi connectivity index (χ3v) is 6.38. The zero-order valence-corrected chi connectivity index (χ0v) is 19.2. The summed E-state index contributed by atoms with van der Waals surface area (Å²) < 4.78 is 272. The van der Waals surface area contributed by atoms with Crippen LogP contribution < -0.4 is 0 Å². The number of carbonyl (C=O) groups is 1. The number of aliphatic hydroxyl groups excluding tert-OH is 1. The molecule has 1 aromatic rings. The van der Waals surface area contributed by atoms with Gasteiger partial charge in [-0.2, -0.15) is 87.8 Å². The summed E-state index contributed by atoms with van der Waals surface area (Å²) in [4.78, 5) is 14.6. The first-order valence-corrected chi connectivity index (χ1v) is 10.3. The molecular weight excluding hydrogens is 666 g/mol. The van der Waals surface area contributed by atoms with Crippen molar-refractivity contribution in [2.45, 2.75) is 54.8 Å². The minimum absolute atomic E-state index is 0.529. The maximum Gasteiger partial charge on any atom is 0.438 e. The van der Waals surface area contributed by atoms with Gasteiger partial charge in [0.1, 0.15) is 5.76 Å². The molecule has 0 saturated heterocycles. The molecule has 0 unspecified atom stereocenters. The van der Waals surface area contributed by atoms with Crippen molar-refractivity contribution in [2.75, 3.05) is 0 Å². The number of halogens is 20. The fourth-order valence-corrected chi connectivity index (χ4v) is 4.39. The molecular formula is C20H5F20NO2. The van der Waals surface area contributed by atoms with Crippen molar-refractivity contribution < 1.29 is 97.7 Å². The van der Waals surface area contributed by atoms with E-state index in [1.165, 1.54) is 0 Å². The molecule has 1 N–H and O–H groups in total. The van der Waals surface area contributed by atoms with Crippen LogP contribution in [0.1, 0.15) is 16.7 Å². The predicted octanol–water partition coefficient (Wildman–Crippen LogP) is 8.40. The van der Waals surface area contributed by atoms with Gasteiger partial charge in [-0.3, -0.25) is 4.79 Å². The van der Waals surface area contributed by atoms with Crippen LogP contribution in [0.4, 0.5) is 93.5 Å². The van der Waals surface area contributed by atoms with Crippen molar-refractivity contribution in [1.82, 2.24) is 0 Å². The summed E-state index contributed by atoms with van der Waals surface area (Å²) in [5, 5.41) is 10.1. The molecule has 0 aromatic heterocycles. The number of aliphatic hydroxyl groups is 1. The van der Waals surface area contributed by atoms with Crippen molar-refractivity contribution in [3.63, 3.8) is 0 Å². The van der Waals surface area contributed by atoms with Crippen LogP contribution in [0.2, 0.25) is 0 Å². The quantitative estimate of drug-likeness (QED) is 0.259. The summed E-state index contributed by atoms with van der Waals surface area (Å²) in [5.41, 5.74) is -22.4. The lowest BCUT2D eigenvalue weighted by Gasteiger charge is -2.38. The minimum atomic E-state index is -7.81. The first-order chi connectivity index (χ1) is 18.7. The summed E-state index contributed by atoms with van der Waals surface area (Å²) in [6.45, 7) is 0. The monoisotopic (exact) mass is 671 g/mol. The van der Waals surface area contributed by atoms with Crippen molar-refractivity contribution in [3.8, 4) is 0 Å². The molecule has 0 atom stereocenters. The number of alkyl halides is 20. The summed E-state index contributed by atoms with van der Waals surface area (Å²) in [7, 11) is 0. The lowest BCUT2D eigenvalue weighted by Crippen LogP contribution is -2.65. The Morgan fingerprint density at radius 1 is 0.698 bits per heavy atom. The molecule has 2 aliphatic rings. The van der Waals surface area contributed by atoms with Crippen molar-refractivity contribution in [3.05, 3.63) is 34.4 Å². The molecule has 1 aromatic carbocycles. The van der Waals surface area contributed by atoms with Crippen molar-refractivity contribution in [2.24, 2.45) is 10.4 Å². The summed E-state index contributed by atoms with van der Waals surface area (Å²) in [6.07, 6.45) is -29.1. The number of ketones is 1. The molecule has 0 radical (unpaired) electrons. The molecule has 0 heterocycles. The highest BCUT2D eigenvalue weighted by Crippen LogP contribution is 2.76. The first-order valence-electron chi connectivity index (χ1n) is 10.3. The van der Waals surface area contributed by atoms with E-state index in [9.17, 15) is 97.7 Å². The SMILES string of the molecule is O=C(C1=C(O)c2cc(C(F)(F)F)cc(N=C(C(F)(F)F)C(F)(F)F)c2C1)C1(C(F)(F)F)C(F)(F)C(F)(F)C(F)(F)C1(F)F. The van der Waals surface area contributed by atoms with Gasteiger partial charge in [-0.05, 0) is 17.7 Å². The number of hydrogen-bond donors (Lipinski definition) is 1. The molecule has 3 rings (SSSR count). The fourth-order valence-electron chi connectivity index (χ4n) is 4.39. The van der Waals surface area contributed by atoms with E-state index in [2.05, 4.69) is 0 Å². The van der Waals surface area contributed by atoms with Gasteiger partial charge in [-0.15, -0.1) is 0 Å². The molecule has 23 heteroatoms. The van der Waals surface area contributed by atoms with E-state index in [-0.39, 0.29) is 0 Å². The molecule has 0 bridgehead atoms. The standard InChI is InChI=1S/C20H5F20NO2/c21-13(22,23)4-1-6-5(8(2-4)41-11(14(24,25)26)15(27,28)29)3-7(9(6)42)10(43)12(20(38,39)40)16(30,31)18(34,35)19(36,37)17(12,32)33/h1-2,42H,3H2. The van der Waals surface area contributed by atoms with Crippen LogP contribution in [-0.2, 0) is 17.4 Å². The van der Waals surface area contributed by atoms with E-state index in [4.69, 9.17) is 0 Å². The van der Waals surface area contributed by atoms with Crippen LogP contribution in [0.5, 0.6) is 0 Å². The average Bonchev–Trinajstić information content (AvgIpc) is 3.12. The maximum atomic E-state index is 14.4. The number of nitrogens with zero attached hydrogens (tertiary/aromatic N) is 1. The molecule has 2 aliphatic carbocycles. The maximum absolute atomic E-state index is 14.4. The normalized spacial score (nSPS) is 22.4. The summed E-state index contributed by atoms with van der Waals surface area (Å²) >= 11 is 0. The Hall–Kier alpha value is -3.30. The second-order valence-electron chi connectivity index (χ2n) is 8.85. The number of Topliss-reactive ketones (excluding diaryl/α,β-unsaturated/α-hetero) is 1. The highest BCUT2D eigenvalue weighted by Gasteiger charge is 3.06. The van der Waals surface area contributed by atoms with Gasteiger partial charge in [-0.25, -0.2) is 4.99 Å². The zero-order chi connectivity index (χ0) is 33.9. The number of aliphatic imine (C=N–C) groups is 1. The van der Waals surface area contributed by atoms with Crippen LogP contribution in [-0.4, -0.2) is 58.8 Å². The Kier molecular flexibility index (Phi) is 7.06. The molecule has 3 nitrogen and oxygen atoms in total. The predicted molar refractivity (Wildman–Crippen MR) is 97.2 cm³/mol. The summed E-state index contributed by atoms with van der Waals surface area (Å²) in [5.74, 6) is -37.8. The Balaban J connectivity index is 2.43. The third kappa shape index (κ3) is 4.25. The highest BCUT2D eigenvalue weighted by atomic mass is 19.4. The molecule has 0 spiro atoms. The van der Waals surface area contributed by atoms with E-state index >= 15 is 0 Å². The van der Waals surface area contributed by atoms with Gasteiger partial charge in [0.25, 0.3) is 5.41 Å². The average molecular weight is 671 g/mol. The molecule has 0 aliphatic heterocycles. The van der Waals surface area contributed by atoms with E-state index in [1.807, 2.05) is 4.99 Å². The second-order valence-corrected chi connectivity index (χ2v) is 8.85. The van der Waals surface area contributed by atoms with Crippen LogP contribution in [0.15, 0.2) is 22.7 Å². The van der Waals surface area contributed by atoms with Gasteiger partial charge < -0.3 is 5.11 Å². The first kappa shape index (κ1) is 34.2. The van der Waals surface area contributed by atoms with E-state index < -0.39 is 118 Å². The van der Waals surface area contributed by atoms with E-state index in [0.29, 0.717) is 0 Å². The van der Waals surface area contributed by atoms with Gasteiger partial charge in [0.2, 0.25) is 5.71 Å².